The summed E-state index contributed by atoms with van der Waals surface area (Å²) in [6.07, 6.45) is 0. The molecule has 3 rings (SSSR count). The minimum atomic E-state index is -0.282. The first-order valence-corrected chi connectivity index (χ1v) is 10.0. The second-order valence-electron chi connectivity index (χ2n) is 7.38. The van der Waals surface area contributed by atoms with Crippen LogP contribution in [0.15, 0.2) is 35.1 Å². The Morgan fingerprint density at radius 1 is 1.11 bits per heavy atom. The number of likely N-dealkylation sites (N-methyl/N-ethyl adjacent to an activating group) is 1. The van der Waals surface area contributed by atoms with Crippen LogP contribution in [0.3, 0.4) is 0 Å². The van der Waals surface area contributed by atoms with Gasteiger partial charge in [-0.3, -0.25) is 9.69 Å². The number of hydrogen-bond acceptors (Lipinski definition) is 5. The largest absolute Gasteiger partial charge is 0.507 e. The van der Waals surface area contributed by atoms with Crippen LogP contribution in [0.1, 0.15) is 36.7 Å². The highest BCUT2D eigenvalue weighted by Gasteiger charge is 2.30. The lowest BCUT2D eigenvalue weighted by atomic mass is 9.96. The van der Waals surface area contributed by atoms with E-state index in [1.165, 1.54) is 0 Å². The van der Waals surface area contributed by atoms with E-state index in [0.29, 0.717) is 18.7 Å². The van der Waals surface area contributed by atoms with Crippen molar-refractivity contribution in [2.75, 3.05) is 39.8 Å². The predicted octanol–water partition coefficient (Wildman–Crippen LogP) is 2.62. The van der Waals surface area contributed by atoms with Crippen LogP contribution in [-0.4, -0.2) is 59.3 Å². The summed E-state index contributed by atoms with van der Waals surface area (Å²) in [5.41, 5.74) is 2.11. The average molecular weight is 386 g/mol. The molecule has 152 valence electrons. The molecule has 0 bridgehead atoms. The van der Waals surface area contributed by atoms with Crippen LogP contribution in [0.2, 0.25) is 0 Å². The highest BCUT2D eigenvalue weighted by atomic mass is 16.5. The number of aromatic nitrogens is 1. The molecule has 2 aromatic rings. The molecule has 1 fully saturated rings. The van der Waals surface area contributed by atoms with E-state index in [9.17, 15) is 9.90 Å². The number of aryl methyl sites for hydroxylation is 1. The molecule has 28 heavy (non-hydrogen) atoms. The third-order valence-corrected chi connectivity index (χ3v) is 5.52. The Balaban J connectivity index is 2.10. The molecule has 1 aliphatic rings. The van der Waals surface area contributed by atoms with Gasteiger partial charge in [-0.1, -0.05) is 12.1 Å². The molecule has 1 saturated heterocycles. The molecule has 1 N–H and O–H groups in total. The third-order valence-electron chi connectivity index (χ3n) is 5.52. The van der Waals surface area contributed by atoms with Crippen molar-refractivity contribution in [3.05, 3.63) is 57.5 Å². The van der Waals surface area contributed by atoms with Gasteiger partial charge in [0.05, 0.1) is 18.2 Å². The third kappa shape index (κ3) is 4.08. The minimum absolute atomic E-state index is 0.0741. The van der Waals surface area contributed by atoms with Gasteiger partial charge in [-0.15, -0.1) is 0 Å². The van der Waals surface area contributed by atoms with Crippen LogP contribution < -0.4 is 10.3 Å². The molecule has 1 atom stereocenters. The summed E-state index contributed by atoms with van der Waals surface area (Å²) in [6.45, 7) is 10.5. The Morgan fingerprint density at radius 2 is 1.75 bits per heavy atom. The van der Waals surface area contributed by atoms with Gasteiger partial charge in [-0.25, -0.2) is 0 Å². The zero-order valence-corrected chi connectivity index (χ0v) is 17.3. The monoisotopic (exact) mass is 385 g/mol. The molecule has 0 unspecified atom stereocenters. The van der Waals surface area contributed by atoms with Crippen molar-refractivity contribution in [1.82, 2.24) is 14.4 Å². The van der Waals surface area contributed by atoms with Crippen LogP contribution in [-0.2, 0) is 6.54 Å². The summed E-state index contributed by atoms with van der Waals surface area (Å²) >= 11 is 0. The Bertz CT molecular complexity index is 853. The number of rotatable bonds is 6. The lowest BCUT2D eigenvalue weighted by Crippen LogP contribution is -2.47. The second-order valence-corrected chi connectivity index (χ2v) is 7.38. The van der Waals surface area contributed by atoms with E-state index in [1.54, 1.807) is 10.6 Å². The number of nitrogens with zero attached hydrogens (tertiary/aromatic N) is 3. The SMILES string of the molecule is CCOc1ccc([C@@H](c2c(O)cc(C)n(CC)c2=O)N2CCN(C)CC2)cc1. The fraction of sp³-hybridized carbons (Fsp3) is 0.500. The molecule has 1 aromatic carbocycles. The summed E-state index contributed by atoms with van der Waals surface area (Å²) in [7, 11) is 2.11. The molecular weight excluding hydrogens is 354 g/mol. The number of hydrogen-bond donors (Lipinski definition) is 1. The predicted molar refractivity (Wildman–Crippen MR) is 111 cm³/mol. The summed E-state index contributed by atoms with van der Waals surface area (Å²) in [5.74, 6) is 0.882. The van der Waals surface area contributed by atoms with Crippen molar-refractivity contribution >= 4 is 0 Å². The molecule has 6 heteroatoms. The maximum atomic E-state index is 13.3. The zero-order chi connectivity index (χ0) is 20.3. The van der Waals surface area contributed by atoms with E-state index in [2.05, 4.69) is 16.8 Å². The first-order chi connectivity index (χ1) is 13.5. The maximum Gasteiger partial charge on any atom is 0.259 e. The first kappa shape index (κ1) is 20.4. The van der Waals surface area contributed by atoms with E-state index >= 15 is 0 Å². The molecular formula is C22H31N3O3. The van der Waals surface area contributed by atoms with Crippen molar-refractivity contribution in [2.45, 2.75) is 33.4 Å². The Morgan fingerprint density at radius 3 is 2.32 bits per heavy atom. The van der Waals surface area contributed by atoms with E-state index in [4.69, 9.17) is 4.74 Å². The van der Waals surface area contributed by atoms with Crippen molar-refractivity contribution in [3.63, 3.8) is 0 Å². The summed E-state index contributed by atoms with van der Waals surface area (Å²) in [4.78, 5) is 17.8. The van der Waals surface area contributed by atoms with Crippen LogP contribution in [0.4, 0.5) is 0 Å². The van der Waals surface area contributed by atoms with Gasteiger partial charge in [-0.05, 0) is 51.6 Å². The van der Waals surface area contributed by atoms with Crippen molar-refractivity contribution < 1.29 is 9.84 Å². The Labute approximate surface area is 167 Å². The standard InChI is InChI=1S/C22H31N3O3/c1-5-25-16(3)15-19(26)20(22(25)27)21(24-13-11-23(4)12-14-24)17-7-9-18(10-8-17)28-6-2/h7-10,15,21,26H,5-6,11-14H2,1-4H3/t21-/m0/s1. The van der Waals surface area contributed by atoms with Crippen LogP contribution in [0, 0.1) is 6.92 Å². The van der Waals surface area contributed by atoms with Crippen LogP contribution in [0.5, 0.6) is 11.5 Å². The minimum Gasteiger partial charge on any atom is -0.507 e. The summed E-state index contributed by atoms with van der Waals surface area (Å²) < 4.78 is 7.30. The zero-order valence-electron chi connectivity index (χ0n) is 17.3. The maximum absolute atomic E-state index is 13.3. The Hall–Kier alpha value is -2.31. The first-order valence-electron chi connectivity index (χ1n) is 10.0. The van der Waals surface area contributed by atoms with Gasteiger partial charge in [-0.2, -0.15) is 0 Å². The second kappa shape index (κ2) is 8.80. The van der Waals surface area contributed by atoms with Gasteiger partial charge in [0.1, 0.15) is 11.5 Å². The lowest BCUT2D eigenvalue weighted by Gasteiger charge is -2.38. The fourth-order valence-electron chi connectivity index (χ4n) is 3.97. The molecule has 0 radical (unpaired) electrons. The molecule has 2 heterocycles. The normalized spacial score (nSPS) is 16.9. The van der Waals surface area contributed by atoms with E-state index in [-0.39, 0.29) is 17.4 Å². The average Bonchev–Trinajstić information content (AvgIpc) is 2.67. The quantitative estimate of drug-likeness (QED) is 0.828. The van der Waals surface area contributed by atoms with E-state index in [0.717, 1.165) is 43.2 Å². The van der Waals surface area contributed by atoms with Gasteiger partial charge in [0.15, 0.2) is 0 Å². The topological polar surface area (TPSA) is 57.9 Å². The number of pyridine rings is 1. The molecule has 0 saturated carbocycles. The molecule has 1 aromatic heterocycles. The van der Waals surface area contributed by atoms with Gasteiger partial charge < -0.3 is 19.3 Å². The van der Waals surface area contributed by atoms with Gasteiger partial charge in [0.2, 0.25) is 0 Å². The number of ether oxygens (including phenoxy) is 1. The van der Waals surface area contributed by atoms with Gasteiger partial charge in [0, 0.05) is 38.4 Å². The van der Waals surface area contributed by atoms with Crippen molar-refractivity contribution in [2.24, 2.45) is 0 Å². The smallest absolute Gasteiger partial charge is 0.259 e. The molecule has 6 nitrogen and oxygen atoms in total. The molecule has 0 aliphatic carbocycles. The summed E-state index contributed by atoms with van der Waals surface area (Å²) in [6, 6.07) is 9.30. The van der Waals surface area contributed by atoms with E-state index < -0.39 is 0 Å². The highest BCUT2D eigenvalue weighted by Crippen LogP contribution is 2.34. The molecule has 0 amide bonds. The van der Waals surface area contributed by atoms with Crippen LogP contribution in [0.25, 0.3) is 0 Å². The van der Waals surface area contributed by atoms with Gasteiger partial charge in [0.25, 0.3) is 5.56 Å². The number of piperazine rings is 1. The Kier molecular flexibility index (Phi) is 6.42. The summed E-state index contributed by atoms with van der Waals surface area (Å²) in [5, 5.41) is 10.8. The molecule has 1 aliphatic heterocycles. The van der Waals surface area contributed by atoms with Crippen LogP contribution >= 0.6 is 0 Å². The fourth-order valence-corrected chi connectivity index (χ4v) is 3.97. The van der Waals surface area contributed by atoms with E-state index in [1.807, 2.05) is 45.0 Å². The number of benzene rings is 1. The lowest BCUT2D eigenvalue weighted by molar-refractivity contribution is 0.125. The highest BCUT2D eigenvalue weighted by molar-refractivity contribution is 5.42. The number of aromatic hydroxyl groups is 1. The van der Waals surface area contributed by atoms with Gasteiger partial charge >= 0.3 is 0 Å². The van der Waals surface area contributed by atoms with Crippen molar-refractivity contribution in [1.29, 1.82) is 0 Å². The van der Waals surface area contributed by atoms with Crippen molar-refractivity contribution in [3.8, 4) is 11.5 Å². The molecule has 0 spiro atoms.